The van der Waals surface area contributed by atoms with E-state index < -0.39 is 0 Å². The molecule has 0 unspecified atom stereocenters. The molecular formula is C24H37NO2. The Hall–Kier alpha value is -1.30. The molecule has 7 atom stereocenters. The lowest BCUT2D eigenvalue weighted by Crippen LogP contribution is -2.53. The standard InChI is InChI=1S/C24H37NO2/c1-16-10-12-24(5,19(15-16)7-6-14-25)21-11-13-23(4)17(2)8-9-20(23)22(21)27-18(3)26/h16,19-22H,2,6-13,15H2,1,3-5H3/t16-,19-,20-,21-,22-,23+,24-/m0/s1. The number of allylic oxidation sites excluding steroid dienone is 1. The van der Waals surface area contributed by atoms with Crippen molar-refractivity contribution in [1.29, 1.82) is 5.26 Å². The second-order valence-electron chi connectivity index (χ2n) is 10.2. The zero-order valence-corrected chi connectivity index (χ0v) is 17.7. The van der Waals surface area contributed by atoms with Gasteiger partial charge >= 0.3 is 5.97 Å². The van der Waals surface area contributed by atoms with Gasteiger partial charge in [-0.3, -0.25) is 4.79 Å². The molecule has 3 rings (SSSR count). The molecule has 3 nitrogen and oxygen atoms in total. The number of hydrogen-bond donors (Lipinski definition) is 0. The number of nitriles is 1. The number of ether oxygens (including phenoxy) is 1. The summed E-state index contributed by atoms with van der Waals surface area (Å²) >= 11 is 0. The molecule has 3 aliphatic rings. The molecular weight excluding hydrogens is 334 g/mol. The van der Waals surface area contributed by atoms with Crippen molar-refractivity contribution in [3.05, 3.63) is 12.2 Å². The van der Waals surface area contributed by atoms with Crippen molar-refractivity contribution in [1.82, 2.24) is 0 Å². The fourth-order valence-electron chi connectivity index (χ4n) is 6.85. The van der Waals surface area contributed by atoms with E-state index in [1.807, 2.05) is 0 Å². The van der Waals surface area contributed by atoms with Gasteiger partial charge in [0.05, 0.1) is 6.07 Å². The minimum atomic E-state index is -0.145. The van der Waals surface area contributed by atoms with Gasteiger partial charge in [0, 0.05) is 25.2 Å². The van der Waals surface area contributed by atoms with Gasteiger partial charge in [-0.05, 0) is 67.6 Å². The lowest BCUT2D eigenvalue weighted by Gasteiger charge is -2.56. The van der Waals surface area contributed by atoms with Crippen molar-refractivity contribution in [2.75, 3.05) is 0 Å². The Morgan fingerprint density at radius 1 is 1.26 bits per heavy atom. The summed E-state index contributed by atoms with van der Waals surface area (Å²) in [6.07, 6.45) is 9.70. The summed E-state index contributed by atoms with van der Waals surface area (Å²) in [6.45, 7) is 13.1. The van der Waals surface area contributed by atoms with Crippen molar-refractivity contribution in [3.63, 3.8) is 0 Å². The molecule has 0 aromatic heterocycles. The van der Waals surface area contributed by atoms with Crippen molar-refractivity contribution in [2.45, 2.75) is 91.6 Å². The molecule has 0 N–H and O–H groups in total. The highest BCUT2D eigenvalue weighted by Crippen LogP contribution is 2.62. The lowest BCUT2D eigenvalue weighted by molar-refractivity contribution is -0.172. The Bertz CT molecular complexity index is 635. The molecule has 0 aromatic carbocycles. The van der Waals surface area contributed by atoms with Gasteiger partial charge in [0.15, 0.2) is 0 Å². The predicted molar refractivity (Wildman–Crippen MR) is 108 cm³/mol. The number of esters is 1. The third-order valence-electron chi connectivity index (χ3n) is 8.70. The zero-order chi connectivity index (χ0) is 19.8. The second kappa shape index (κ2) is 7.61. The summed E-state index contributed by atoms with van der Waals surface area (Å²) in [5.74, 6) is 1.95. The first-order chi connectivity index (χ1) is 12.7. The van der Waals surface area contributed by atoms with Gasteiger partial charge in [0.25, 0.3) is 0 Å². The Kier molecular flexibility index (Phi) is 5.76. The van der Waals surface area contributed by atoms with E-state index in [4.69, 9.17) is 4.74 Å². The molecule has 0 radical (unpaired) electrons. The van der Waals surface area contributed by atoms with Gasteiger partial charge in [-0.15, -0.1) is 0 Å². The monoisotopic (exact) mass is 371 g/mol. The smallest absolute Gasteiger partial charge is 0.302 e. The molecule has 27 heavy (non-hydrogen) atoms. The summed E-state index contributed by atoms with van der Waals surface area (Å²) in [5.41, 5.74) is 1.64. The summed E-state index contributed by atoms with van der Waals surface area (Å²) in [7, 11) is 0. The minimum absolute atomic E-state index is 0.00323. The minimum Gasteiger partial charge on any atom is -0.462 e. The Morgan fingerprint density at radius 2 is 2.00 bits per heavy atom. The van der Waals surface area contributed by atoms with Gasteiger partial charge in [-0.25, -0.2) is 0 Å². The van der Waals surface area contributed by atoms with Crippen LogP contribution in [0, 0.1) is 45.8 Å². The maximum atomic E-state index is 12.0. The molecule has 3 aliphatic carbocycles. The Balaban J connectivity index is 1.93. The summed E-state index contributed by atoms with van der Waals surface area (Å²) in [6, 6.07) is 2.37. The molecule has 3 saturated carbocycles. The molecule has 150 valence electrons. The molecule has 0 spiro atoms. The molecule has 0 saturated heterocycles. The topological polar surface area (TPSA) is 50.1 Å². The van der Waals surface area contributed by atoms with E-state index in [-0.39, 0.29) is 22.9 Å². The first-order valence-corrected chi connectivity index (χ1v) is 10.9. The third-order valence-corrected chi connectivity index (χ3v) is 8.70. The summed E-state index contributed by atoms with van der Waals surface area (Å²) in [4.78, 5) is 12.0. The highest BCUT2D eigenvalue weighted by Gasteiger charge is 2.57. The van der Waals surface area contributed by atoms with Gasteiger partial charge in [0.2, 0.25) is 0 Å². The normalized spacial score (nSPS) is 44.4. The van der Waals surface area contributed by atoms with Crippen LogP contribution in [0.4, 0.5) is 0 Å². The van der Waals surface area contributed by atoms with Crippen LogP contribution in [0.15, 0.2) is 12.2 Å². The van der Waals surface area contributed by atoms with Crippen LogP contribution in [0.2, 0.25) is 0 Å². The van der Waals surface area contributed by atoms with Crippen LogP contribution < -0.4 is 0 Å². The molecule has 3 heteroatoms. The average Bonchev–Trinajstić information content (AvgIpc) is 2.91. The van der Waals surface area contributed by atoms with Gasteiger partial charge in [-0.1, -0.05) is 39.3 Å². The van der Waals surface area contributed by atoms with Crippen LogP contribution in [-0.4, -0.2) is 12.1 Å². The first kappa shape index (κ1) is 20.4. The number of nitrogens with zero attached hydrogens (tertiary/aromatic N) is 1. The SMILES string of the molecule is C=C1CC[C@H]2[C@H](OC(C)=O)[C@@H]([C@@]3(C)CC[C@H](C)C[C@@H]3CCC#N)CC[C@]12C. The largest absolute Gasteiger partial charge is 0.462 e. The van der Waals surface area contributed by atoms with Crippen molar-refractivity contribution >= 4 is 5.97 Å². The Labute approximate surface area is 165 Å². The Morgan fingerprint density at radius 3 is 2.67 bits per heavy atom. The molecule has 0 heterocycles. The fraction of sp³-hybridized carbons (Fsp3) is 0.833. The quantitative estimate of drug-likeness (QED) is 0.446. The molecule has 0 aromatic rings. The van der Waals surface area contributed by atoms with Crippen LogP contribution in [0.5, 0.6) is 0 Å². The first-order valence-electron chi connectivity index (χ1n) is 10.9. The van der Waals surface area contributed by atoms with E-state index in [2.05, 4.69) is 33.4 Å². The highest BCUT2D eigenvalue weighted by atomic mass is 16.5. The van der Waals surface area contributed by atoms with Crippen LogP contribution in [0.1, 0.15) is 85.5 Å². The zero-order valence-electron chi connectivity index (χ0n) is 17.7. The number of fused-ring (bicyclic) bond motifs is 1. The number of hydrogen-bond acceptors (Lipinski definition) is 3. The van der Waals surface area contributed by atoms with Gasteiger partial charge in [0.1, 0.15) is 6.10 Å². The molecule has 0 bridgehead atoms. The fourth-order valence-corrected chi connectivity index (χ4v) is 6.85. The van der Waals surface area contributed by atoms with E-state index in [9.17, 15) is 10.1 Å². The van der Waals surface area contributed by atoms with Crippen molar-refractivity contribution in [2.24, 2.45) is 34.5 Å². The van der Waals surface area contributed by atoms with E-state index in [0.29, 0.717) is 24.2 Å². The number of carbonyl (C=O) groups is 1. The number of carbonyl (C=O) groups excluding carboxylic acids is 1. The van der Waals surface area contributed by atoms with E-state index >= 15 is 0 Å². The highest BCUT2D eigenvalue weighted by molar-refractivity contribution is 5.66. The maximum absolute atomic E-state index is 12.0. The molecule has 3 fully saturated rings. The van der Waals surface area contributed by atoms with Gasteiger partial charge in [-0.2, -0.15) is 5.26 Å². The van der Waals surface area contributed by atoms with E-state index in [1.165, 1.54) is 24.8 Å². The van der Waals surface area contributed by atoms with Crippen LogP contribution in [-0.2, 0) is 9.53 Å². The van der Waals surface area contributed by atoms with Crippen LogP contribution >= 0.6 is 0 Å². The molecule has 0 aliphatic heterocycles. The predicted octanol–water partition coefficient (Wildman–Crippen LogP) is 6.05. The van der Waals surface area contributed by atoms with Gasteiger partial charge < -0.3 is 4.74 Å². The van der Waals surface area contributed by atoms with Crippen LogP contribution in [0.3, 0.4) is 0 Å². The summed E-state index contributed by atoms with van der Waals surface area (Å²) < 4.78 is 6.08. The lowest BCUT2D eigenvalue weighted by atomic mass is 9.50. The van der Waals surface area contributed by atoms with E-state index in [1.54, 1.807) is 6.92 Å². The molecule has 0 amide bonds. The van der Waals surface area contributed by atoms with Crippen LogP contribution in [0.25, 0.3) is 0 Å². The van der Waals surface area contributed by atoms with E-state index in [0.717, 1.165) is 38.0 Å². The second-order valence-corrected chi connectivity index (χ2v) is 10.2. The number of rotatable bonds is 4. The van der Waals surface area contributed by atoms with Crippen molar-refractivity contribution in [3.8, 4) is 6.07 Å². The van der Waals surface area contributed by atoms with Crippen molar-refractivity contribution < 1.29 is 9.53 Å². The third kappa shape index (κ3) is 3.57. The average molecular weight is 372 g/mol. The summed E-state index contributed by atoms with van der Waals surface area (Å²) in [5, 5.41) is 9.17. The maximum Gasteiger partial charge on any atom is 0.302 e.